The Morgan fingerprint density at radius 3 is 2.94 bits per heavy atom. The number of hydrogen-bond acceptors (Lipinski definition) is 4. The van der Waals surface area contributed by atoms with Gasteiger partial charge in [0.2, 0.25) is 0 Å². The topological polar surface area (TPSA) is 68.9 Å². The maximum atomic E-state index is 9.30. The van der Waals surface area contributed by atoms with Crippen molar-refractivity contribution >= 4 is 0 Å². The molecule has 0 aliphatic heterocycles. The maximum Gasteiger partial charge on any atom is 0.144 e. The summed E-state index contributed by atoms with van der Waals surface area (Å²) in [6, 6.07) is 5.79. The van der Waals surface area contributed by atoms with Gasteiger partial charge in [-0.2, -0.15) is 5.26 Å². The molecule has 1 heterocycles. The first-order valence-corrected chi connectivity index (χ1v) is 5.49. The van der Waals surface area contributed by atoms with Gasteiger partial charge in [0, 0.05) is 23.8 Å². The number of aliphatic hydroxyl groups excluding tert-OH is 1. The van der Waals surface area contributed by atoms with E-state index in [0.717, 1.165) is 24.8 Å². The number of rotatable bonds is 4. The van der Waals surface area contributed by atoms with Gasteiger partial charge in [0.1, 0.15) is 11.8 Å². The highest BCUT2D eigenvalue weighted by Gasteiger charge is 2.35. The van der Waals surface area contributed by atoms with Crippen molar-refractivity contribution in [2.24, 2.45) is 0 Å². The quantitative estimate of drug-likeness (QED) is 0.788. The molecule has 84 valence electrons. The molecule has 0 atom stereocenters. The lowest BCUT2D eigenvalue weighted by atomic mass is 9.77. The van der Waals surface area contributed by atoms with Crippen molar-refractivity contribution in [1.29, 1.82) is 5.26 Å². The second kappa shape index (κ2) is 4.60. The minimum Gasteiger partial charge on any atom is -0.394 e. The van der Waals surface area contributed by atoms with Crippen LogP contribution in [0.3, 0.4) is 0 Å². The van der Waals surface area contributed by atoms with Gasteiger partial charge >= 0.3 is 0 Å². The smallest absolute Gasteiger partial charge is 0.144 e. The molecular formula is C12H15N3O. The summed E-state index contributed by atoms with van der Waals surface area (Å²) in [5, 5.41) is 21.5. The van der Waals surface area contributed by atoms with Crippen LogP contribution in [0.5, 0.6) is 0 Å². The molecule has 1 aromatic heterocycles. The average Bonchev–Trinajstić information content (AvgIpc) is 2.29. The van der Waals surface area contributed by atoms with Crippen LogP contribution in [0, 0.1) is 11.3 Å². The number of aliphatic hydroxyl groups is 1. The van der Waals surface area contributed by atoms with Crippen LogP contribution in [0.2, 0.25) is 0 Å². The predicted octanol–water partition coefficient (Wildman–Crippen LogP) is 0.958. The third-order valence-corrected chi connectivity index (χ3v) is 3.26. The van der Waals surface area contributed by atoms with E-state index >= 15 is 0 Å². The van der Waals surface area contributed by atoms with E-state index in [9.17, 15) is 5.11 Å². The molecule has 1 saturated carbocycles. The van der Waals surface area contributed by atoms with Gasteiger partial charge in [0.25, 0.3) is 0 Å². The summed E-state index contributed by atoms with van der Waals surface area (Å²) in [4.78, 5) is 4.00. The summed E-state index contributed by atoms with van der Waals surface area (Å²) in [6.07, 6.45) is 4.79. The Kier molecular flexibility index (Phi) is 3.18. The Labute approximate surface area is 94.9 Å². The molecule has 1 aliphatic rings. The van der Waals surface area contributed by atoms with Crippen LogP contribution in [0.25, 0.3) is 0 Å². The highest BCUT2D eigenvalue weighted by molar-refractivity contribution is 5.30. The van der Waals surface area contributed by atoms with Gasteiger partial charge in [-0.3, -0.25) is 0 Å². The van der Waals surface area contributed by atoms with Crippen molar-refractivity contribution in [3.05, 3.63) is 29.6 Å². The number of pyridine rings is 1. The van der Waals surface area contributed by atoms with Crippen LogP contribution in [-0.4, -0.2) is 22.2 Å². The minimum atomic E-state index is -0.122. The van der Waals surface area contributed by atoms with E-state index < -0.39 is 0 Å². The van der Waals surface area contributed by atoms with Gasteiger partial charge in [-0.05, 0) is 25.3 Å². The number of nitriles is 1. The SMILES string of the molecule is N#Cc1ncccc1CNC1(CO)CCC1. The van der Waals surface area contributed by atoms with Crippen molar-refractivity contribution in [1.82, 2.24) is 10.3 Å². The van der Waals surface area contributed by atoms with Gasteiger partial charge in [-0.15, -0.1) is 0 Å². The van der Waals surface area contributed by atoms with Crippen LogP contribution >= 0.6 is 0 Å². The third-order valence-electron chi connectivity index (χ3n) is 3.26. The summed E-state index contributed by atoms with van der Waals surface area (Å²) < 4.78 is 0. The van der Waals surface area contributed by atoms with E-state index in [1.54, 1.807) is 6.20 Å². The van der Waals surface area contributed by atoms with Crippen LogP contribution in [0.15, 0.2) is 18.3 Å². The zero-order valence-electron chi connectivity index (χ0n) is 9.11. The largest absolute Gasteiger partial charge is 0.394 e. The normalized spacial score (nSPS) is 17.5. The number of nitrogens with one attached hydrogen (secondary N) is 1. The molecule has 0 radical (unpaired) electrons. The predicted molar refractivity (Wildman–Crippen MR) is 59.5 cm³/mol. The first-order chi connectivity index (χ1) is 7.79. The van der Waals surface area contributed by atoms with E-state index in [4.69, 9.17) is 5.26 Å². The van der Waals surface area contributed by atoms with Gasteiger partial charge in [-0.1, -0.05) is 6.07 Å². The van der Waals surface area contributed by atoms with Crippen molar-refractivity contribution in [2.45, 2.75) is 31.3 Å². The molecule has 2 N–H and O–H groups in total. The zero-order valence-corrected chi connectivity index (χ0v) is 9.11. The first-order valence-electron chi connectivity index (χ1n) is 5.49. The van der Waals surface area contributed by atoms with E-state index in [1.807, 2.05) is 12.1 Å². The van der Waals surface area contributed by atoms with E-state index in [1.165, 1.54) is 0 Å². The fourth-order valence-electron chi connectivity index (χ4n) is 1.96. The Bertz CT molecular complexity index is 401. The number of hydrogen-bond donors (Lipinski definition) is 2. The molecule has 0 aromatic carbocycles. The standard InChI is InChI=1S/C12H15N3O/c13-7-11-10(3-1-6-14-11)8-15-12(9-16)4-2-5-12/h1,3,6,15-16H,2,4-5,8-9H2. The molecule has 4 heteroatoms. The van der Waals surface area contributed by atoms with Gasteiger partial charge in [0.05, 0.1) is 6.61 Å². The Hall–Kier alpha value is -1.44. The van der Waals surface area contributed by atoms with Gasteiger partial charge in [-0.25, -0.2) is 4.98 Å². The second-order valence-electron chi connectivity index (χ2n) is 4.27. The maximum absolute atomic E-state index is 9.30. The highest BCUT2D eigenvalue weighted by Crippen LogP contribution is 2.31. The molecular weight excluding hydrogens is 202 g/mol. The summed E-state index contributed by atoms with van der Waals surface area (Å²) in [5.41, 5.74) is 1.23. The van der Waals surface area contributed by atoms with E-state index in [2.05, 4.69) is 16.4 Å². The summed E-state index contributed by atoms with van der Waals surface area (Å²) >= 11 is 0. The number of nitrogens with zero attached hydrogens (tertiary/aromatic N) is 2. The lowest BCUT2D eigenvalue weighted by Gasteiger charge is -2.41. The molecule has 0 amide bonds. The van der Waals surface area contributed by atoms with Gasteiger partial charge in [0.15, 0.2) is 0 Å². The van der Waals surface area contributed by atoms with Crippen LogP contribution in [-0.2, 0) is 6.54 Å². The second-order valence-corrected chi connectivity index (χ2v) is 4.27. The van der Waals surface area contributed by atoms with Gasteiger partial charge < -0.3 is 10.4 Å². The molecule has 1 aliphatic carbocycles. The molecule has 0 bridgehead atoms. The zero-order chi connectivity index (χ0) is 11.4. The van der Waals surface area contributed by atoms with E-state index in [-0.39, 0.29) is 12.1 Å². The van der Waals surface area contributed by atoms with Crippen LogP contribution in [0.1, 0.15) is 30.5 Å². The molecule has 0 saturated heterocycles. The minimum absolute atomic E-state index is 0.122. The van der Waals surface area contributed by atoms with Crippen molar-refractivity contribution < 1.29 is 5.11 Å². The molecule has 2 rings (SSSR count). The summed E-state index contributed by atoms with van der Waals surface area (Å²) in [6.45, 7) is 0.756. The third kappa shape index (κ3) is 2.06. The Balaban J connectivity index is 2.02. The monoisotopic (exact) mass is 217 g/mol. The lowest BCUT2D eigenvalue weighted by molar-refractivity contribution is 0.0871. The fraction of sp³-hybridized carbons (Fsp3) is 0.500. The van der Waals surface area contributed by atoms with Crippen molar-refractivity contribution in [3.63, 3.8) is 0 Å². The lowest BCUT2D eigenvalue weighted by Crippen LogP contribution is -2.53. The van der Waals surface area contributed by atoms with E-state index in [0.29, 0.717) is 12.2 Å². The van der Waals surface area contributed by atoms with Crippen LogP contribution in [0.4, 0.5) is 0 Å². The Morgan fingerprint density at radius 2 is 2.38 bits per heavy atom. The molecule has 1 aromatic rings. The molecule has 0 unspecified atom stereocenters. The number of aromatic nitrogens is 1. The van der Waals surface area contributed by atoms with Crippen molar-refractivity contribution in [3.8, 4) is 6.07 Å². The molecule has 4 nitrogen and oxygen atoms in total. The Morgan fingerprint density at radius 1 is 1.56 bits per heavy atom. The molecule has 16 heavy (non-hydrogen) atoms. The van der Waals surface area contributed by atoms with Crippen LogP contribution < -0.4 is 5.32 Å². The first kappa shape index (κ1) is 11.1. The summed E-state index contributed by atoms with van der Waals surface area (Å²) in [5.74, 6) is 0. The average molecular weight is 217 g/mol. The summed E-state index contributed by atoms with van der Waals surface area (Å²) in [7, 11) is 0. The highest BCUT2D eigenvalue weighted by atomic mass is 16.3. The molecule has 1 fully saturated rings. The molecule has 0 spiro atoms. The van der Waals surface area contributed by atoms with Crippen molar-refractivity contribution in [2.75, 3.05) is 6.61 Å². The fourth-order valence-corrected chi connectivity index (χ4v) is 1.96.